The summed E-state index contributed by atoms with van der Waals surface area (Å²) in [7, 11) is 0. The second-order valence-corrected chi connectivity index (χ2v) is 11.5. The minimum absolute atomic E-state index is 0.228. The van der Waals surface area contributed by atoms with Crippen LogP contribution in [0.4, 0.5) is 10.6 Å². The van der Waals surface area contributed by atoms with Crippen LogP contribution in [0.25, 0.3) is 5.69 Å². The molecule has 2 fully saturated rings. The van der Waals surface area contributed by atoms with Crippen LogP contribution in [0, 0.1) is 23.7 Å². The zero-order chi connectivity index (χ0) is 25.3. The van der Waals surface area contributed by atoms with Crippen LogP contribution >= 0.6 is 0 Å². The highest BCUT2D eigenvalue weighted by Crippen LogP contribution is 2.52. The molecule has 35 heavy (non-hydrogen) atoms. The van der Waals surface area contributed by atoms with Gasteiger partial charge >= 0.3 is 11.8 Å². The summed E-state index contributed by atoms with van der Waals surface area (Å²) in [4.78, 5) is 30.6. The van der Waals surface area contributed by atoms with Crippen LogP contribution in [0.3, 0.4) is 0 Å². The first-order valence-corrected chi connectivity index (χ1v) is 12.7. The lowest BCUT2D eigenvalue weighted by molar-refractivity contribution is 0.0521. The number of ether oxygens (including phenoxy) is 1. The molecule has 1 saturated carbocycles. The van der Waals surface area contributed by atoms with Crippen molar-refractivity contribution in [3.63, 3.8) is 0 Å². The largest absolute Gasteiger partial charge is 0.444 e. The van der Waals surface area contributed by atoms with Crippen molar-refractivity contribution in [2.24, 2.45) is 23.7 Å². The molecule has 0 radical (unpaired) electrons. The maximum absolute atomic E-state index is 12.1. The van der Waals surface area contributed by atoms with Crippen molar-refractivity contribution >= 4 is 11.9 Å². The summed E-state index contributed by atoms with van der Waals surface area (Å²) < 4.78 is 6.87. The minimum Gasteiger partial charge on any atom is -0.444 e. The second kappa shape index (κ2) is 10.0. The van der Waals surface area contributed by atoms with Crippen LogP contribution in [-0.4, -0.2) is 51.8 Å². The van der Waals surface area contributed by atoms with Crippen molar-refractivity contribution in [2.75, 3.05) is 25.4 Å². The molecule has 0 spiro atoms. The molecule has 190 valence electrons. The van der Waals surface area contributed by atoms with E-state index in [4.69, 9.17) is 10.5 Å². The van der Waals surface area contributed by atoms with Crippen LogP contribution in [0.15, 0.2) is 41.3 Å². The van der Waals surface area contributed by atoms with Gasteiger partial charge in [-0.15, -0.1) is 0 Å². The fourth-order valence-corrected chi connectivity index (χ4v) is 5.38. The van der Waals surface area contributed by atoms with Crippen molar-refractivity contribution in [3.05, 3.63) is 52.6 Å². The quantitative estimate of drug-likeness (QED) is 0.599. The average molecular weight is 482 g/mol. The molecule has 1 aromatic heterocycles. The maximum Gasteiger partial charge on any atom is 0.407 e. The van der Waals surface area contributed by atoms with E-state index in [1.807, 2.05) is 32.9 Å². The first kappa shape index (κ1) is 25.2. The molecule has 2 aliphatic rings. The van der Waals surface area contributed by atoms with Gasteiger partial charge in [0.15, 0.2) is 0 Å². The van der Waals surface area contributed by atoms with Gasteiger partial charge in [-0.2, -0.15) is 4.98 Å². The van der Waals surface area contributed by atoms with Crippen LogP contribution in [0.2, 0.25) is 0 Å². The first-order chi connectivity index (χ1) is 16.5. The normalized spacial score (nSPS) is 22.6. The SMILES string of the molecule is CC(C)CC(Cc1ccc(-n2ccc(N)nc2=O)cc1)N1C[C@@H]2[C@@H](CNC(=O)OC(C)(C)C)[C@@H]2C1. The van der Waals surface area contributed by atoms with E-state index in [1.54, 1.807) is 12.3 Å². The lowest BCUT2D eigenvalue weighted by atomic mass is 9.95. The van der Waals surface area contributed by atoms with Crippen molar-refractivity contribution < 1.29 is 9.53 Å². The van der Waals surface area contributed by atoms with Crippen LogP contribution < -0.4 is 16.7 Å². The lowest BCUT2D eigenvalue weighted by Gasteiger charge is -2.31. The predicted molar refractivity (Wildman–Crippen MR) is 137 cm³/mol. The molecule has 4 atom stereocenters. The number of nitrogens with two attached hydrogens (primary N) is 1. The van der Waals surface area contributed by atoms with E-state index in [1.165, 1.54) is 10.1 Å². The number of nitrogen functional groups attached to an aromatic ring is 1. The highest BCUT2D eigenvalue weighted by molar-refractivity contribution is 5.67. The van der Waals surface area contributed by atoms with Crippen molar-refractivity contribution in [2.45, 2.75) is 59.1 Å². The molecule has 2 heterocycles. The van der Waals surface area contributed by atoms with Crippen molar-refractivity contribution in [3.8, 4) is 5.69 Å². The number of fused-ring (bicyclic) bond motifs is 1. The monoisotopic (exact) mass is 481 g/mol. The Bertz CT molecular complexity index is 1080. The smallest absolute Gasteiger partial charge is 0.407 e. The number of likely N-dealkylation sites (tertiary alicyclic amines) is 1. The summed E-state index contributed by atoms with van der Waals surface area (Å²) in [5.74, 6) is 2.72. The molecule has 8 heteroatoms. The Hall–Kier alpha value is -2.87. The molecule has 1 aromatic carbocycles. The molecular weight excluding hydrogens is 442 g/mol. The summed E-state index contributed by atoms with van der Waals surface area (Å²) >= 11 is 0. The molecule has 1 amide bonds. The van der Waals surface area contributed by atoms with Gasteiger partial charge in [-0.25, -0.2) is 9.59 Å². The maximum atomic E-state index is 12.1. The van der Waals surface area contributed by atoms with Gasteiger partial charge in [0.1, 0.15) is 11.4 Å². The number of piperidine rings is 1. The number of nitrogens with one attached hydrogen (secondary N) is 1. The van der Waals surface area contributed by atoms with Gasteiger partial charge in [0, 0.05) is 31.9 Å². The average Bonchev–Trinajstić information content (AvgIpc) is 3.19. The molecule has 2 aromatic rings. The standard InChI is InChI=1S/C27H39N5O3/c1-17(2)12-20(13-18-6-8-19(9-7-18)32-11-10-24(28)30-25(32)33)31-15-22-21(23(22)16-31)14-29-26(34)35-27(3,4)5/h6-11,17,20-23H,12-16H2,1-5H3,(H,29,34)(H2,28,30,33)/t20?,21-,22-,23+. The third-order valence-corrected chi connectivity index (χ3v) is 7.05. The number of amides is 1. The number of hydrogen-bond donors (Lipinski definition) is 2. The molecule has 1 saturated heterocycles. The predicted octanol–water partition coefficient (Wildman–Crippen LogP) is 3.47. The number of carbonyl (C=O) groups excluding carboxylic acids is 1. The Kier molecular flexibility index (Phi) is 7.22. The van der Waals surface area contributed by atoms with Gasteiger partial charge < -0.3 is 15.8 Å². The Labute approximate surface area is 207 Å². The number of nitrogens with zero attached hydrogens (tertiary/aromatic N) is 3. The number of carbonyl (C=O) groups is 1. The fourth-order valence-electron chi connectivity index (χ4n) is 5.38. The van der Waals surface area contributed by atoms with Gasteiger partial charge in [-0.3, -0.25) is 9.47 Å². The molecule has 1 unspecified atom stereocenters. The molecule has 3 N–H and O–H groups in total. The Balaban J connectivity index is 1.33. The highest BCUT2D eigenvalue weighted by atomic mass is 16.6. The van der Waals surface area contributed by atoms with Gasteiger partial charge in [-0.05, 0) is 81.0 Å². The number of anilines is 1. The highest BCUT2D eigenvalue weighted by Gasteiger charge is 2.56. The number of hydrogen-bond acceptors (Lipinski definition) is 6. The summed E-state index contributed by atoms with van der Waals surface area (Å²) in [6, 6.07) is 10.3. The van der Waals surface area contributed by atoms with Crippen molar-refractivity contribution in [1.82, 2.24) is 19.8 Å². The molecule has 0 bridgehead atoms. The Morgan fingerprint density at radius 2 is 1.83 bits per heavy atom. The molecule has 1 aliphatic carbocycles. The van der Waals surface area contributed by atoms with E-state index in [2.05, 4.69) is 41.2 Å². The van der Waals surface area contributed by atoms with E-state index >= 15 is 0 Å². The van der Waals surface area contributed by atoms with Crippen LogP contribution in [-0.2, 0) is 11.2 Å². The van der Waals surface area contributed by atoms with Crippen LogP contribution in [0.5, 0.6) is 0 Å². The molecular formula is C27H39N5O3. The fraction of sp³-hybridized carbons (Fsp3) is 0.593. The number of alkyl carbamates (subject to hydrolysis) is 1. The molecule has 8 nitrogen and oxygen atoms in total. The lowest BCUT2D eigenvalue weighted by Crippen LogP contribution is -2.39. The summed E-state index contributed by atoms with van der Waals surface area (Å²) in [6.45, 7) is 13.1. The number of aromatic nitrogens is 2. The number of rotatable bonds is 8. The summed E-state index contributed by atoms with van der Waals surface area (Å²) in [6.07, 6.45) is 3.46. The Morgan fingerprint density at radius 3 is 2.40 bits per heavy atom. The third-order valence-electron chi connectivity index (χ3n) is 7.05. The summed E-state index contributed by atoms with van der Waals surface area (Å²) in [5.41, 5.74) is 6.81. The first-order valence-electron chi connectivity index (χ1n) is 12.7. The van der Waals surface area contributed by atoms with Gasteiger partial charge in [0.05, 0.1) is 5.69 Å². The topological polar surface area (TPSA) is 102 Å². The van der Waals surface area contributed by atoms with E-state index in [0.717, 1.165) is 31.6 Å². The van der Waals surface area contributed by atoms with Crippen molar-refractivity contribution in [1.29, 1.82) is 0 Å². The van der Waals surface area contributed by atoms with Crippen LogP contribution in [0.1, 0.15) is 46.6 Å². The number of benzene rings is 1. The van der Waals surface area contributed by atoms with E-state index in [-0.39, 0.29) is 17.6 Å². The minimum atomic E-state index is -0.468. The van der Waals surface area contributed by atoms with E-state index in [9.17, 15) is 9.59 Å². The van der Waals surface area contributed by atoms with Gasteiger partial charge in [0.2, 0.25) is 0 Å². The van der Waals surface area contributed by atoms with E-state index < -0.39 is 5.60 Å². The molecule has 1 aliphatic heterocycles. The van der Waals surface area contributed by atoms with Gasteiger partial charge in [-0.1, -0.05) is 26.0 Å². The zero-order valence-electron chi connectivity index (χ0n) is 21.5. The zero-order valence-corrected chi connectivity index (χ0v) is 21.5. The van der Waals surface area contributed by atoms with Gasteiger partial charge in [0.25, 0.3) is 0 Å². The summed E-state index contributed by atoms with van der Waals surface area (Å²) in [5, 5.41) is 2.96. The second-order valence-electron chi connectivity index (χ2n) is 11.5. The Morgan fingerprint density at radius 1 is 1.17 bits per heavy atom. The molecule has 4 rings (SSSR count). The van der Waals surface area contributed by atoms with E-state index in [0.29, 0.717) is 36.3 Å². The third kappa shape index (κ3) is 6.42.